The average molecular weight is 442 g/mol. The number of hydrogen-bond acceptors (Lipinski definition) is 4. The summed E-state index contributed by atoms with van der Waals surface area (Å²) in [7, 11) is 1.63. The smallest absolute Gasteiger partial charge is 0.272 e. The Bertz CT molecular complexity index is 1300. The summed E-state index contributed by atoms with van der Waals surface area (Å²) in [6.07, 6.45) is -0.666. The van der Waals surface area contributed by atoms with E-state index in [1.54, 1.807) is 37.4 Å². The van der Waals surface area contributed by atoms with E-state index < -0.39 is 23.9 Å². The number of amides is 2. The number of rotatable bonds is 3. The largest absolute Gasteiger partial charge is 0.373 e. The molecular weight excluding hydrogens is 419 g/mol. The molecule has 2 N–H and O–H groups in total. The standard InChI is InChI=1S/C26H23FN4O2/c1-15-11-12-20-16(13-15)14-21(28-20)25(32)30-24-26(33)31(2)22-10-6-4-8-18(22)23(29-24)17-7-3-5-9-19(17)27/h3-13,21,24,28H,14H2,1-2H3,(H,30,32). The third-order valence-electron chi connectivity index (χ3n) is 6.08. The summed E-state index contributed by atoms with van der Waals surface area (Å²) >= 11 is 0. The lowest BCUT2D eigenvalue weighted by atomic mass is 10.00. The molecule has 2 atom stereocenters. The second-order valence-corrected chi connectivity index (χ2v) is 8.34. The van der Waals surface area contributed by atoms with Gasteiger partial charge in [-0.15, -0.1) is 0 Å². The van der Waals surface area contributed by atoms with Crippen molar-refractivity contribution in [3.63, 3.8) is 0 Å². The molecule has 0 saturated heterocycles. The quantitative estimate of drug-likeness (QED) is 0.653. The highest BCUT2D eigenvalue weighted by Crippen LogP contribution is 2.29. The van der Waals surface area contributed by atoms with E-state index in [-0.39, 0.29) is 11.5 Å². The third kappa shape index (κ3) is 3.75. The molecule has 6 nitrogen and oxygen atoms in total. The highest BCUT2D eigenvalue weighted by Gasteiger charge is 2.34. The molecule has 0 aliphatic carbocycles. The average Bonchev–Trinajstić information content (AvgIpc) is 3.21. The van der Waals surface area contributed by atoms with Crippen LogP contribution >= 0.6 is 0 Å². The van der Waals surface area contributed by atoms with Crippen molar-refractivity contribution in [2.24, 2.45) is 4.99 Å². The minimum absolute atomic E-state index is 0.272. The molecule has 2 unspecified atom stereocenters. The maximum atomic E-state index is 14.7. The van der Waals surface area contributed by atoms with Crippen LogP contribution in [0, 0.1) is 12.7 Å². The summed E-state index contributed by atoms with van der Waals surface area (Å²) in [5, 5.41) is 6.00. The number of aliphatic imine (C=N–C) groups is 1. The van der Waals surface area contributed by atoms with Gasteiger partial charge in [-0.05, 0) is 36.8 Å². The number of likely N-dealkylation sites (N-methyl/N-ethyl adjacent to an activating group) is 1. The van der Waals surface area contributed by atoms with E-state index in [0.29, 0.717) is 23.4 Å². The van der Waals surface area contributed by atoms with Crippen molar-refractivity contribution in [3.05, 3.63) is 94.8 Å². The van der Waals surface area contributed by atoms with Crippen molar-refractivity contribution >= 4 is 28.9 Å². The number of anilines is 2. The SMILES string of the molecule is Cc1ccc2c(c1)CC(C(=O)NC1N=C(c3ccccc3F)c3ccccc3N(C)C1=O)N2. The van der Waals surface area contributed by atoms with E-state index >= 15 is 0 Å². The number of halogens is 1. The molecule has 2 heterocycles. The number of benzene rings is 3. The van der Waals surface area contributed by atoms with Crippen molar-refractivity contribution in [2.75, 3.05) is 17.3 Å². The van der Waals surface area contributed by atoms with E-state index in [1.165, 1.54) is 11.0 Å². The zero-order valence-corrected chi connectivity index (χ0v) is 18.3. The zero-order valence-electron chi connectivity index (χ0n) is 18.3. The molecule has 0 bridgehead atoms. The van der Waals surface area contributed by atoms with Crippen molar-refractivity contribution in [3.8, 4) is 0 Å². The summed E-state index contributed by atoms with van der Waals surface area (Å²) < 4.78 is 14.7. The van der Waals surface area contributed by atoms with Crippen LogP contribution in [0.5, 0.6) is 0 Å². The van der Waals surface area contributed by atoms with E-state index in [2.05, 4.69) is 15.6 Å². The predicted molar refractivity (Wildman–Crippen MR) is 126 cm³/mol. The van der Waals surface area contributed by atoms with Crippen LogP contribution in [0.3, 0.4) is 0 Å². The molecule has 0 radical (unpaired) electrons. The van der Waals surface area contributed by atoms with Gasteiger partial charge in [-0.1, -0.05) is 48.0 Å². The second-order valence-electron chi connectivity index (χ2n) is 8.34. The Kier molecular flexibility index (Phi) is 5.17. The molecule has 166 valence electrons. The number of nitrogens with one attached hydrogen (secondary N) is 2. The normalized spacial score (nSPS) is 19.2. The van der Waals surface area contributed by atoms with Gasteiger partial charge < -0.3 is 15.5 Å². The summed E-state index contributed by atoms with van der Waals surface area (Å²) in [6.45, 7) is 2.00. The van der Waals surface area contributed by atoms with Gasteiger partial charge in [0.25, 0.3) is 5.91 Å². The molecule has 33 heavy (non-hydrogen) atoms. The number of hydrogen-bond donors (Lipinski definition) is 2. The van der Waals surface area contributed by atoms with E-state index in [9.17, 15) is 14.0 Å². The Morgan fingerprint density at radius 2 is 1.82 bits per heavy atom. The monoisotopic (exact) mass is 442 g/mol. The third-order valence-corrected chi connectivity index (χ3v) is 6.08. The van der Waals surface area contributed by atoms with Crippen LogP contribution < -0.4 is 15.5 Å². The first kappa shape index (κ1) is 20.9. The summed E-state index contributed by atoms with van der Waals surface area (Å²) in [5.41, 5.74) is 4.91. The molecule has 2 aliphatic heterocycles. The Balaban J connectivity index is 1.50. The number of nitrogens with zero attached hydrogens (tertiary/aromatic N) is 2. The van der Waals surface area contributed by atoms with Crippen molar-refractivity contribution < 1.29 is 14.0 Å². The molecule has 0 saturated carbocycles. The summed E-state index contributed by atoms with van der Waals surface area (Å²) in [6, 6.07) is 19.0. The van der Waals surface area contributed by atoms with Crippen molar-refractivity contribution in [1.82, 2.24) is 5.32 Å². The number of benzodiazepines with no additional fused rings is 1. The van der Waals surface area contributed by atoms with Gasteiger partial charge in [0.15, 0.2) is 0 Å². The lowest BCUT2D eigenvalue weighted by Crippen LogP contribution is -2.50. The lowest BCUT2D eigenvalue weighted by Gasteiger charge is -2.22. The van der Waals surface area contributed by atoms with Crippen LogP contribution in [0.2, 0.25) is 0 Å². The molecule has 2 amide bonds. The molecule has 0 fully saturated rings. The van der Waals surface area contributed by atoms with E-state index in [0.717, 1.165) is 16.8 Å². The van der Waals surface area contributed by atoms with E-state index in [4.69, 9.17) is 0 Å². The molecule has 0 aromatic heterocycles. The van der Waals surface area contributed by atoms with Gasteiger partial charge in [0.05, 0.1) is 11.4 Å². The van der Waals surface area contributed by atoms with Crippen LogP contribution in [-0.4, -0.2) is 36.8 Å². The molecule has 2 aliphatic rings. The highest BCUT2D eigenvalue weighted by molar-refractivity contribution is 6.20. The Hall–Kier alpha value is -4.00. The second kappa shape index (κ2) is 8.16. The first-order chi connectivity index (χ1) is 15.9. The number of carbonyl (C=O) groups is 2. The fourth-order valence-corrected chi connectivity index (χ4v) is 4.37. The Labute approximate surface area is 191 Å². The molecule has 3 aromatic carbocycles. The van der Waals surface area contributed by atoms with Crippen LogP contribution in [-0.2, 0) is 16.0 Å². The van der Waals surface area contributed by atoms with Gasteiger partial charge in [-0.3, -0.25) is 9.59 Å². The van der Waals surface area contributed by atoms with Gasteiger partial charge in [-0.25, -0.2) is 9.38 Å². The van der Waals surface area contributed by atoms with Gasteiger partial charge in [0, 0.05) is 30.3 Å². The maximum Gasteiger partial charge on any atom is 0.272 e. The van der Waals surface area contributed by atoms with Gasteiger partial charge >= 0.3 is 0 Å². The summed E-state index contributed by atoms with van der Waals surface area (Å²) in [4.78, 5) is 32.4. The van der Waals surface area contributed by atoms with Crippen LogP contribution in [0.25, 0.3) is 0 Å². The Morgan fingerprint density at radius 3 is 2.61 bits per heavy atom. The summed E-state index contributed by atoms with van der Waals surface area (Å²) in [5.74, 6) is -1.18. The number of para-hydroxylation sites is 1. The Morgan fingerprint density at radius 1 is 1.09 bits per heavy atom. The van der Waals surface area contributed by atoms with Gasteiger partial charge in [0.2, 0.25) is 12.1 Å². The van der Waals surface area contributed by atoms with Crippen LogP contribution in [0.1, 0.15) is 22.3 Å². The maximum absolute atomic E-state index is 14.7. The first-order valence-electron chi connectivity index (χ1n) is 10.8. The van der Waals surface area contributed by atoms with Crippen molar-refractivity contribution in [1.29, 1.82) is 0 Å². The van der Waals surface area contributed by atoms with E-state index in [1.807, 2.05) is 37.3 Å². The lowest BCUT2D eigenvalue weighted by molar-refractivity contribution is -0.127. The van der Waals surface area contributed by atoms with Crippen LogP contribution in [0.4, 0.5) is 15.8 Å². The topological polar surface area (TPSA) is 73.8 Å². The molecule has 5 rings (SSSR count). The number of aryl methyl sites for hydroxylation is 1. The molecule has 0 spiro atoms. The molecule has 3 aromatic rings. The predicted octanol–water partition coefficient (Wildman–Crippen LogP) is 3.43. The molecular formula is C26H23FN4O2. The highest BCUT2D eigenvalue weighted by atomic mass is 19.1. The number of carbonyl (C=O) groups excluding carboxylic acids is 2. The van der Waals surface area contributed by atoms with Crippen LogP contribution in [0.15, 0.2) is 71.7 Å². The fourth-order valence-electron chi connectivity index (χ4n) is 4.37. The minimum atomic E-state index is -1.18. The molecule has 7 heteroatoms. The van der Waals surface area contributed by atoms with Gasteiger partial charge in [0.1, 0.15) is 11.9 Å². The first-order valence-corrected chi connectivity index (χ1v) is 10.8. The number of fused-ring (bicyclic) bond motifs is 2. The van der Waals surface area contributed by atoms with Crippen molar-refractivity contribution in [2.45, 2.75) is 25.6 Å². The fraction of sp³-hybridized carbons (Fsp3) is 0.192. The zero-order chi connectivity index (χ0) is 23.1. The minimum Gasteiger partial charge on any atom is -0.373 e. The van der Waals surface area contributed by atoms with Gasteiger partial charge in [-0.2, -0.15) is 0 Å².